The van der Waals surface area contributed by atoms with Gasteiger partial charge in [-0.2, -0.15) is 0 Å². The SMILES string of the molecule is CCCOc1ccccc1NC(=O)C1CC(=O)N(c2cc(Cl)ccc2OC)C1. The van der Waals surface area contributed by atoms with E-state index in [-0.39, 0.29) is 24.8 Å². The summed E-state index contributed by atoms with van der Waals surface area (Å²) in [5.74, 6) is 0.323. The zero-order chi connectivity index (χ0) is 20.1. The van der Waals surface area contributed by atoms with Crippen LogP contribution in [0.1, 0.15) is 19.8 Å². The van der Waals surface area contributed by atoms with E-state index in [1.807, 2.05) is 25.1 Å². The van der Waals surface area contributed by atoms with Crippen LogP contribution in [0.2, 0.25) is 5.02 Å². The van der Waals surface area contributed by atoms with Crippen LogP contribution in [0.4, 0.5) is 11.4 Å². The summed E-state index contributed by atoms with van der Waals surface area (Å²) in [6.07, 6.45) is 0.995. The molecule has 1 aliphatic rings. The highest BCUT2D eigenvalue weighted by atomic mass is 35.5. The number of nitrogens with one attached hydrogen (secondary N) is 1. The van der Waals surface area contributed by atoms with Crippen LogP contribution in [0.25, 0.3) is 0 Å². The van der Waals surface area contributed by atoms with Gasteiger partial charge in [-0.15, -0.1) is 0 Å². The molecule has 6 nitrogen and oxygen atoms in total. The lowest BCUT2D eigenvalue weighted by molar-refractivity contribution is -0.122. The van der Waals surface area contributed by atoms with E-state index in [4.69, 9.17) is 21.1 Å². The Balaban J connectivity index is 1.74. The van der Waals surface area contributed by atoms with Crippen molar-refractivity contribution in [1.29, 1.82) is 0 Å². The van der Waals surface area contributed by atoms with Crippen molar-refractivity contribution in [1.82, 2.24) is 0 Å². The van der Waals surface area contributed by atoms with Crippen molar-refractivity contribution in [2.75, 3.05) is 30.5 Å². The van der Waals surface area contributed by atoms with Crippen LogP contribution in [0.5, 0.6) is 11.5 Å². The average Bonchev–Trinajstić information content (AvgIpc) is 3.09. The summed E-state index contributed by atoms with van der Waals surface area (Å²) in [5, 5.41) is 3.39. The molecule has 1 aliphatic heterocycles. The predicted molar refractivity (Wildman–Crippen MR) is 109 cm³/mol. The molecule has 0 saturated carbocycles. The maximum absolute atomic E-state index is 12.8. The number of ether oxygens (including phenoxy) is 2. The fourth-order valence-electron chi connectivity index (χ4n) is 3.13. The Morgan fingerprint density at radius 1 is 1.25 bits per heavy atom. The van der Waals surface area contributed by atoms with E-state index < -0.39 is 5.92 Å². The molecule has 0 spiro atoms. The number of rotatable bonds is 7. The Bertz CT molecular complexity index is 871. The van der Waals surface area contributed by atoms with Gasteiger partial charge in [0, 0.05) is 18.0 Å². The van der Waals surface area contributed by atoms with E-state index in [0.717, 1.165) is 6.42 Å². The van der Waals surface area contributed by atoms with Crippen LogP contribution < -0.4 is 19.7 Å². The highest BCUT2D eigenvalue weighted by Gasteiger charge is 2.36. The molecule has 0 aromatic heterocycles. The predicted octanol–water partition coefficient (Wildman–Crippen LogP) is 4.13. The molecular weight excluding hydrogens is 380 g/mol. The number of carbonyl (C=O) groups is 2. The third-order valence-electron chi connectivity index (χ3n) is 4.53. The summed E-state index contributed by atoms with van der Waals surface area (Å²) in [4.78, 5) is 26.9. The molecule has 1 saturated heterocycles. The average molecular weight is 403 g/mol. The number of halogens is 1. The highest BCUT2D eigenvalue weighted by Crippen LogP contribution is 2.35. The first-order valence-corrected chi connectivity index (χ1v) is 9.58. The lowest BCUT2D eigenvalue weighted by atomic mass is 10.1. The van der Waals surface area contributed by atoms with Crippen molar-refractivity contribution in [3.8, 4) is 11.5 Å². The van der Waals surface area contributed by atoms with Crippen LogP contribution >= 0.6 is 11.6 Å². The van der Waals surface area contributed by atoms with E-state index in [0.29, 0.717) is 34.5 Å². The number of anilines is 2. The van der Waals surface area contributed by atoms with Crippen LogP contribution in [-0.2, 0) is 9.59 Å². The van der Waals surface area contributed by atoms with Crippen molar-refractivity contribution in [2.45, 2.75) is 19.8 Å². The Morgan fingerprint density at radius 2 is 2.04 bits per heavy atom. The highest BCUT2D eigenvalue weighted by molar-refractivity contribution is 6.31. The van der Waals surface area contributed by atoms with Gasteiger partial charge in [0.05, 0.1) is 31.0 Å². The van der Waals surface area contributed by atoms with Gasteiger partial charge >= 0.3 is 0 Å². The molecule has 1 atom stereocenters. The summed E-state index contributed by atoms with van der Waals surface area (Å²) in [6.45, 7) is 2.85. The molecule has 148 valence electrons. The molecule has 3 rings (SSSR count). The second kappa shape index (κ2) is 8.97. The van der Waals surface area contributed by atoms with Gasteiger partial charge in [0.15, 0.2) is 0 Å². The molecule has 7 heteroatoms. The molecule has 2 amide bonds. The van der Waals surface area contributed by atoms with Gasteiger partial charge in [0.2, 0.25) is 11.8 Å². The molecular formula is C21H23ClN2O4. The minimum atomic E-state index is -0.476. The normalized spacial score (nSPS) is 16.2. The summed E-state index contributed by atoms with van der Waals surface area (Å²) in [6, 6.07) is 12.4. The smallest absolute Gasteiger partial charge is 0.229 e. The monoisotopic (exact) mass is 402 g/mol. The van der Waals surface area contributed by atoms with Gasteiger partial charge in [-0.3, -0.25) is 9.59 Å². The zero-order valence-electron chi connectivity index (χ0n) is 15.9. The summed E-state index contributed by atoms with van der Waals surface area (Å²) >= 11 is 6.08. The van der Waals surface area contributed by atoms with Crippen LogP contribution in [0.3, 0.4) is 0 Å². The number of benzene rings is 2. The van der Waals surface area contributed by atoms with Gasteiger partial charge in [-0.25, -0.2) is 0 Å². The van der Waals surface area contributed by atoms with Gasteiger partial charge in [0.1, 0.15) is 11.5 Å². The minimum absolute atomic E-state index is 0.124. The third kappa shape index (κ3) is 4.39. The molecule has 1 unspecified atom stereocenters. The van der Waals surface area contributed by atoms with Gasteiger partial charge < -0.3 is 19.7 Å². The largest absolute Gasteiger partial charge is 0.495 e. The molecule has 2 aromatic carbocycles. The number of para-hydroxylation sites is 2. The third-order valence-corrected chi connectivity index (χ3v) is 4.77. The molecule has 28 heavy (non-hydrogen) atoms. The summed E-state index contributed by atoms with van der Waals surface area (Å²) in [5.41, 5.74) is 1.18. The fraction of sp³-hybridized carbons (Fsp3) is 0.333. The first kappa shape index (κ1) is 20.0. The topological polar surface area (TPSA) is 67.9 Å². The van der Waals surface area contributed by atoms with E-state index in [1.54, 1.807) is 29.2 Å². The lowest BCUT2D eigenvalue weighted by Gasteiger charge is -2.20. The second-order valence-electron chi connectivity index (χ2n) is 6.56. The standard InChI is InChI=1S/C21H23ClN2O4/c1-3-10-28-18-7-5-4-6-16(18)23-21(26)14-11-20(25)24(13-14)17-12-15(22)8-9-19(17)27-2/h4-9,12,14H,3,10-11,13H2,1-2H3,(H,23,26). The van der Waals surface area contributed by atoms with Gasteiger partial charge in [-0.05, 0) is 36.8 Å². The van der Waals surface area contributed by atoms with E-state index >= 15 is 0 Å². The fourth-order valence-corrected chi connectivity index (χ4v) is 3.30. The quantitative estimate of drug-likeness (QED) is 0.756. The maximum Gasteiger partial charge on any atom is 0.229 e. The van der Waals surface area contributed by atoms with Gasteiger partial charge in [0.25, 0.3) is 0 Å². The Labute approximate surface area is 169 Å². The number of nitrogens with zero attached hydrogens (tertiary/aromatic N) is 1. The zero-order valence-corrected chi connectivity index (χ0v) is 16.7. The van der Waals surface area contributed by atoms with Gasteiger partial charge in [-0.1, -0.05) is 30.7 Å². The van der Waals surface area contributed by atoms with Crippen molar-refractivity contribution < 1.29 is 19.1 Å². The first-order chi connectivity index (χ1) is 13.5. The Morgan fingerprint density at radius 3 is 2.79 bits per heavy atom. The molecule has 1 N–H and O–H groups in total. The molecule has 0 bridgehead atoms. The number of methoxy groups -OCH3 is 1. The molecule has 1 fully saturated rings. The molecule has 2 aromatic rings. The molecule has 1 heterocycles. The van der Waals surface area contributed by atoms with Crippen LogP contribution in [0, 0.1) is 5.92 Å². The van der Waals surface area contributed by atoms with Crippen molar-refractivity contribution >= 4 is 34.8 Å². The second-order valence-corrected chi connectivity index (χ2v) is 6.99. The molecule has 0 aliphatic carbocycles. The van der Waals surface area contributed by atoms with E-state index in [1.165, 1.54) is 7.11 Å². The van der Waals surface area contributed by atoms with E-state index in [2.05, 4.69) is 5.32 Å². The molecule has 0 radical (unpaired) electrons. The van der Waals surface area contributed by atoms with Crippen LogP contribution in [-0.4, -0.2) is 32.1 Å². The lowest BCUT2D eigenvalue weighted by Crippen LogP contribution is -2.28. The number of hydrogen-bond acceptors (Lipinski definition) is 4. The maximum atomic E-state index is 12.8. The number of hydrogen-bond donors (Lipinski definition) is 1. The number of amides is 2. The Hall–Kier alpha value is -2.73. The van der Waals surface area contributed by atoms with Crippen molar-refractivity contribution in [2.24, 2.45) is 5.92 Å². The van der Waals surface area contributed by atoms with Crippen molar-refractivity contribution in [3.05, 3.63) is 47.5 Å². The van der Waals surface area contributed by atoms with E-state index in [9.17, 15) is 9.59 Å². The summed E-state index contributed by atoms with van der Waals surface area (Å²) < 4.78 is 11.0. The van der Waals surface area contributed by atoms with Crippen molar-refractivity contribution in [3.63, 3.8) is 0 Å². The Kier molecular flexibility index (Phi) is 6.41. The summed E-state index contributed by atoms with van der Waals surface area (Å²) in [7, 11) is 1.53. The van der Waals surface area contributed by atoms with Crippen LogP contribution in [0.15, 0.2) is 42.5 Å². The minimum Gasteiger partial charge on any atom is -0.495 e. The number of carbonyl (C=O) groups excluding carboxylic acids is 2. The first-order valence-electron chi connectivity index (χ1n) is 9.20.